The summed E-state index contributed by atoms with van der Waals surface area (Å²) in [5.41, 5.74) is 0.535. The number of aliphatic hydroxyl groups is 1. The van der Waals surface area contributed by atoms with E-state index in [1.54, 1.807) is 6.07 Å². The topological polar surface area (TPSA) is 57.6 Å². The largest absolute Gasteiger partial charge is 0.392 e. The van der Waals surface area contributed by atoms with Gasteiger partial charge in [-0.3, -0.25) is 0 Å². The number of hydrogen-bond acceptors (Lipinski definition) is 3. The molecule has 0 saturated heterocycles. The van der Waals surface area contributed by atoms with Crippen molar-refractivity contribution in [1.29, 1.82) is 0 Å². The second-order valence-corrected chi connectivity index (χ2v) is 7.21. The Balaban J connectivity index is 3.19. The van der Waals surface area contributed by atoms with E-state index < -0.39 is 10.0 Å². The second kappa shape index (κ2) is 7.41. The van der Waals surface area contributed by atoms with Crippen molar-refractivity contribution in [3.63, 3.8) is 0 Å². The van der Waals surface area contributed by atoms with Gasteiger partial charge in [-0.2, -0.15) is 4.31 Å². The molecule has 1 aromatic rings. The van der Waals surface area contributed by atoms with Crippen molar-refractivity contribution in [1.82, 2.24) is 4.31 Å². The fraction of sp³-hybridized carbons (Fsp3) is 0.571. The molecule has 0 spiro atoms. The lowest BCUT2D eigenvalue weighted by Gasteiger charge is -2.24. The fourth-order valence-corrected chi connectivity index (χ4v) is 3.95. The molecule has 1 N–H and O–H groups in total. The lowest BCUT2D eigenvalue weighted by molar-refractivity contribution is 0.281. The number of halogens is 1. The summed E-state index contributed by atoms with van der Waals surface area (Å²) >= 11 is 6.02. The van der Waals surface area contributed by atoms with Gasteiger partial charge in [0.05, 0.1) is 11.6 Å². The van der Waals surface area contributed by atoms with E-state index in [-0.39, 0.29) is 22.4 Å². The highest BCUT2D eigenvalue weighted by molar-refractivity contribution is 7.89. The van der Waals surface area contributed by atoms with Gasteiger partial charge in [0, 0.05) is 13.1 Å². The first-order valence-corrected chi connectivity index (χ1v) is 8.58. The number of hydrogen-bond donors (Lipinski definition) is 1. The molecule has 4 nitrogen and oxygen atoms in total. The molecule has 0 fully saturated rings. The Bertz CT molecular complexity index is 545. The van der Waals surface area contributed by atoms with Gasteiger partial charge in [-0.1, -0.05) is 44.9 Å². The monoisotopic (exact) mass is 319 g/mol. The van der Waals surface area contributed by atoms with Gasteiger partial charge < -0.3 is 5.11 Å². The van der Waals surface area contributed by atoms with E-state index in [0.29, 0.717) is 18.7 Å². The first kappa shape index (κ1) is 17.4. The number of nitrogens with zero attached hydrogens (tertiary/aromatic N) is 1. The summed E-state index contributed by atoms with van der Waals surface area (Å²) in [6.07, 6.45) is 0.913. The van der Waals surface area contributed by atoms with Crippen molar-refractivity contribution in [3.8, 4) is 0 Å². The summed E-state index contributed by atoms with van der Waals surface area (Å²) in [7, 11) is -3.63. The molecule has 0 aromatic heterocycles. The van der Waals surface area contributed by atoms with Crippen LogP contribution in [0, 0.1) is 5.92 Å². The quantitative estimate of drug-likeness (QED) is 0.840. The van der Waals surface area contributed by atoms with Crippen LogP contribution in [-0.4, -0.2) is 30.9 Å². The molecule has 0 heterocycles. The fourth-order valence-electron chi connectivity index (χ4n) is 1.86. The molecule has 0 saturated carbocycles. The molecule has 0 amide bonds. The molecule has 0 aliphatic rings. The van der Waals surface area contributed by atoms with Crippen LogP contribution in [0.4, 0.5) is 0 Å². The number of sulfonamides is 1. The predicted molar refractivity (Wildman–Crippen MR) is 81.3 cm³/mol. The summed E-state index contributed by atoms with van der Waals surface area (Å²) in [5, 5.41) is 9.33. The molecule has 1 aromatic carbocycles. The highest BCUT2D eigenvalue weighted by atomic mass is 35.5. The Kier molecular flexibility index (Phi) is 6.45. The average Bonchev–Trinajstić information content (AvgIpc) is 2.44. The first-order valence-electron chi connectivity index (χ1n) is 6.76. The molecular weight excluding hydrogens is 298 g/mol. The summed E-state index contributed by atoms with van der Waals surface area (Å²) in [4.78, 5) is 0.0656. The van der Waals surface area contributed by atoms with Crippen LogP contribution >= 0.6 is 11.6 Å². The van der Waals surface area contributed by atoms with E-state index in [1.807, 2.05) is 20.8 Å². The van der Waals surface area contributed by atoms with Crippen LogP contribution in [-0.2, 0) is 16.6 Å². The standard InChI is InChI=1S/C14H22ClNO3S/c1-4-11(3)9-16(5-2)20(18,19)14-8-12(10-17)6-7-13(14)15/h6-8,11,17H,4-5,9-10H2,1-3H3. The van der Waals surface area contributed by atoms with E-state index in [9.17, 15) is 8.42 Å². The SMILES string of the molecule is CCC(C)CN(CC)S(=O)(=O)c1cc(CO)ccc1Cl. The highest BCUT2D eigenvalue weighted by Gasteiger charge is 2.26. The average molecular weight is 320 g/mol. The Hall–Kier alpha value is -0.620. The maximum Gasteiger partial charge on any atom is 0.244 e. The molecule has 0 aliphatic heterocycles. The van der Waals surface area contributed by atoms with Gasteiger partial charge in [0.15, 0.2) is 0 Å². The van der Waals surface area contributed by atoms with Crippen LogP contribution in [0.5, 0.6) is 0 Å². The van der Waals surface area contributed by atoms with Gasteiger partial charge >= 0.3 is 0 Å². The minimum atomic E-state index is -3.63. The summed E-state index contributed by atoms with van der Waals surface area (Å²) < 4.78 is 26.8. The molecular formula is C14H22ClNO3S. The minimum Gasteiger partial charge on any atom is -0.392 e. The smallest absolute Gasteiger partial charge is 0.244 e. The Morgan fingerprint density at radius 2 is 2.00 bits per heavy atom. The van der Waals surface area contributed by atoms with E-state index >= 15 is 0 Å². The Morgan fingerprint density at radius 3 is 2.50 bits per heavy atom. The van der Waals surface area contributed by atoms with Crippen molar-refractivity contribution in [3.05, 3.63) is 28.8 Å². The highest BCUT2D eigenvalue weighted by Crippen LogP contribution is 2.26. The van der Waals surface area contributed by atoms with Crippen molar-refractivity contribution in [2.24, 2.45) is 5.92 Å². The maximum absolute atomic E-state index is 12.7. The van der Waals surface area contributed by atoms with Gasteiger partial charge in [0.2, 0.25) is 10.0 Å². The zero-order valence-electron chi connectivity index (χ0n) is 12.1. The molecule has 0 bridgehead atoms. The van der Waals surface area contributed by atoms with Crippen LogP contribution in [0.15, 0.2) is 23.1 Å². The van der Waals surface area contributed by atoms with Crippen LogP contribution in [0.2, 0.25) is 5.02 Å². The van der Waals surface area contributed by atoms with Gasteiger partial charge in [-0.05, 0) is 23.6 Å². The Labute approximate surface area is 126 Å². The maximum atomic E-state index is 12.7. The van der Waals surface area contributed by atoms with E-state index in [1.165, 1.54) is 16.4 Å². The lowest BCUT2D eigenvalue weighted by atomic mass is 10.1. The number of aliphatic hydroxyl groups excluding tert-OH is 1. The third-order valence-electron chi connectivity index (χ3n) is 3.36. The second-order valence-electron chi connectivity index (χ2n) is 4.89. The number of rotatable bonds is 7. The van der Waals surface area contributed by atoms with Gasteiger partial charge in [0.1, 0.15) is 4.90 Å². The first-order chi connectivity index (χ1) is 9.36. The van der Waals surface area contributed by atoms with Crippen molar-refractivity contribution < 1.29 is 13.5 Å². The molecule has 1 atom stereocenters. The molecule has 1 rings (SSSR count). The molecule has 0 radical (unpaired) electrons. The van der Waals surface area contributed by atoms with Gasteiger partial charge in [-0.25, -0.2) is 8.42 Å². The predicted octanol–water partition coefficient (Wildman–Crippen LogP) is 2.89. The van der Waals surface area contributed by atoms with Crippen LogP contribution < -0.4 is 0 Å². The molecule has 6 heteroatoms. The van der Waals surface area contributed by atoms with Gasteiger partial charge in [-0.15, -0.1) is 0 Å². The van der Waals surface area contributed by atoms with E-state index in [4.69, 9.17) is 16.7 Å². The zero-order valence-corrected chi connectivity index (χ0v) is 13.7. The van der Waals surface area contributed by atoms with Crippen molar-refractivity contribution in [2.75, 3.05) is 13.1 Å². The summed E-state index contributed by atoms with van der Waals surface area (Å²) in [5.74, 6) is 0.282. The number of benzene rings is 1. The molecule has 114 valence electrons. The normalized spacial score (nSPS) is 13.7. The Morgan fingerprint density at radius 1 is 1.35 bits per heavy atom. The van der Waals surface area contributed by atoms with E-state index in [2.05, 4.69) is 0 Å². The van der Waals surface area contributed by atoms with Crippen LogP contribution in [0.3, 0.4) is 0 Å². The molecule has 20 heavy (non-hydrogen) atoms. The lowest BCUT2D eigenvalue weighted by Crippen LogP contribution is -2.34. The minimum absolute atomic E-state index is 0.0656. The zero-order chi connectivity index (χ0) is 15.3. The van der Waals surface area contributed by atoms with Crippen LogP contribution in [0.1, 0.15) is 32.8 Å². The summed E-state index contributed by atoms with van der Waals surface area (Å²) in [6.45, 7) is 6.51. The summed E-state index contributed by atoms with van der Waals surface area (Å²) in [6, 6.07) is 4.57. The van der Waals surface area contributed by atoms with Crippen LogP contribution in [0.25, 0.3) is 0 Å². The van der Waals surface area contributed by atoms with Gasteiger partial charge in [0.25, 0.3) is 0 Å². The third-order valence-corrected chi connectivity index (χ3v) is 5.78. The van der Waals surface area contributed by atoms with Crippen molar-refractivity contribution in [2.45, 2.75) is 38.7 Å². The van der Waals surface area contributed by atoms with Crippen molar-refractivity contribution >= 4 is 21.6 Å². The van der Waals surface area contributed by atoms with E-state index in [0.717, 1.165) is 6.42 Å². The third kappa shape index (κ3) is 3.95. The molecule has 1 unspecified atom stereocenters. The molecule has 0 aliphatic carbocycles.